The third kappa shape index (κ3) is 1.93. The molecule has 0 radical (unpaired) electrons. The summed E-state index contributed by atoms with van der Waals surface area (Å²) < 4.78 is 0. The molecule has 82 valence electrons. The number of benzene rings is 1. The minimum atomic E-state index is -0.120. The highest BCUT2D eigenvalue weighted by Crippen LogP contribution is 2.36. The fraction of sp³-hybridized carbons (Fsp3) is 0.571. The monoisotopic (exact) mass is 204 g/mol. The van der Waals surface area contributed by atoms with Crippen LogP contribution in [-0.4, -0.2) is 11.2 Å². The molecule has 0 heterocycles. The molecule has 0 bridgehead atoms. The van der Waals surface area contributed by atoms with Crippen molar-refractivity contribution in [2.45, 2.75) is 52.1 Å². The van der Waals surface area contributed by atoms with Crippen LogP contribution in [0.3, 0.4) is 0 Å². The van der Waals surface area contributed by atoms with Crippen LogP contribution in [-0.2, 0) is 0 Å². The number of aryl methyl sites for hydroxylation is 3. The first kappa shape index (κ1) is 10.7. The van der Waals surface area contributed by atoms with Crippen LogP contribution in [0.1, 0.15) is 47.4 Å². The van der Waals surface area contributed by atoms with E-state index in [9.17, 15) is 5.11 Å². The largest absolute Gasteiger partial charge is 0.392 e. The highest BCUT2D eigenvalue weighted by molar-refractivity contribution is 5.39. The zero-order chi connectivity index (χ0) is 11.0. The predicted octanol–water partition coefficient (Wildman–Crippen LogP) is 3.24. The minimum absolute atomic E-state index is 0.120. The Hall–Kier alpha value is -0.820. The normalized spacial score (nSPS) is 25.9. The van der Waals surface area contributed by atoms with Gasteiger partial charge in [0.05, 0.1) is 6.10 Å². The molecular weight excluding hydrogens is 184 g/mol. The number of hydrogen-bond donors (Lipinski definition) is 1. The molecule has 1 aromatic carbocycles. The first-order chi connectivity index (χ1) is 7.09. The fourth-order valence-corrected chi connectivity index (χ4v) is 2.69. The fourth-order valence-electron chi connectivity index (χ4n) is 2.69. The second-order valence-corrected chi connectivity index (χ2v) is 4.90. The van der Waals surface area contributed by atoms with E-state index in [1.807, 2.05) is 0 Å². The molecule has 1 saturated carbocycles. The van der Waals surface area contributed by atoms with Gasteiger partial charge in [-0.15, -0.1) is 0 Å². The van der Waals surface area contributed by atoms with Crippen LogP contribution in [0.5, 0.6) is 0 Å². The highest BCUT2D eigenvalue weighted by Gasteiger charge is 2.27. The number of aliphatic hydroxyl groups is 1. The van der Waals surface area contributed by atoms with Crippen molar-refractivity contribution >= 4 is 0 Å². The highest BCUT2D eigenvalue weighted by atomic mass is 16.3. The summed E-state index contributed by atoms with van der Waals surface area (Å²) in [6.45, 7) is 6.46. The van der Waals surface area contributed by atoms with E-state index in [0.717, 1.165) is 19.3 Å². The minimum Gasteiger partial charge on any atom is -0.392 e. The SMILES string of the molecule is Cc1cc(C)c(C2CCCC2O)cc1C. The van der Waals surface area contributed by atoms with Crippen LogP contribution in [0.15, 0.2) is 12.1 Å². The van der Waals surface area contributed by atoms with Crippen molar-refractivity contribution in [3.63, 3.8) is 0 Å². The van der Waals surface area contributed by atoms with Gasteiger partial charge in [-0.25, -0.2) is 0 Å². The van der Waals surface area contributed by atoms with Gasteiger partial charge in [0.2, 0.25) is 0 Å². The Labute approximate surface area is 92.1 Å². The molecule has 15 heavy (non-hydrogen) atoms. The lowest BCUT2D eigenvalue weighted by molar-refractivity contribution is 0.163. The van der Waals surface area contributed by atoms with Crippen molar-refractivity contribution in [2.24, 2.45) is 0 Å². The van der Waals surface area contributed by atoms with Gasteiger partial charge in [-0.1, -0.05) is 18.6 Å². The quantitative estimate of drug-likeness (QED) is 0.744. The predicted molar refractivity (Wildman–Crippen MR) is 63.3 cm³/mol. The molecule has 0 aliphatic heterocycles. The average molecular weight is 204 g/mol. The first-order valence-electron chi connectivity index (χ1n) is 5.85. The molecule has 1 aromatic rings. The van der Waals surface area contributed by atoms with Crippen molar-refractivity contribution in [1.29, 1.82) is 0 Å². The van der Waals surface area contributed by atoms with Crippen LogP contribution in [0.2, 0.25) is 0 Å². The van der Waals surface area contributed by atoms with Gasteiger partial charge in [-0.2, -0.15) is 0 Å². The van der Waals surface area contributed by atoms with E-state index < -0.39 is 0 Å². The van der Waals surface area contributed by atoms with Crippen molar-refractivity contribution < 1.29 is 5.11 Å². The lowest BCUT2D eigenvalue weighted by Gasteiger charge is -2.19. The smallest absolute Gasteiger partial charge is 0.0608 e. The van der Waals surface area contributed by atoms with Crippen LogP contribution in [0.25, 0.3) is 0 Å². The molecule has 2 unspecified atom stereocenters. The Morgan fingerprint density at radius 1 is 1.00 bits per heavy atom. The van der Waals surface area contributed by atoms with E-state index in [0.29, 0.717) is 5.92 Å². The van der Waals surface area contributed by atoms with Crippen LogP contribution < -0.4 is 0 Å². The molecule has 1 heteroatoms. The molecule has 2 atom stereocenters. The van der Waals surface area contributed by atoms with Crippen molar-refractivity contribution in [2.75, 3.05) is 0 Å². The van der Waals surface area contributed by atoms with Crippen LogP contribution >= 0.6 is 0 Å². The molecule has 1 nitrogen and oxygen atoms in total. The number of rotatable bonds is 1. The molecule has 1 N–H and O–H groups in total. The van der Waals surface area contributed by atoms with Gasteiger partial charge >= 0.3 is 0 Å². The van der Waals surface area contributed by atoms with Gasteiger partial charge in [-0.3, -0.25) is 0 Å². The van der Waals surface area contributed by atoms with Gasteiger partial charge in [0.1, 0.15) is 0 Å². The molecule has 2 rings (SSSR count). The number of aliphatic hydroxyl groups excluding tert-OH is 1. The summed E-state index contributed by atoms with van der Waals surface area (Å²) in [5, 5.41) is 9.93. The summed E-state index contributed by atoms with van der Waals surface area (Å²) in [5.41, 5.74) is 5.39. The molecule has 0 amide bonds. The lowest BCUT2D eigenvalue weighted by Crippen LogP contribution is -2.12. The van der Waals surface area contributed by atoms with E-state index in [1.54, 1.807) is 0 Å². The van der Waals surface area contributed by atoms with Gasteiger partial charge in [0.15, 0.2) is 0 Å². The molecule has 1 aliphatic carbocycles. The topological polar surface area (TPSA) is 20.2 Å². The third-order valence-corrected chi connectivity index (χ3v) is 3.76. The van der Waals surface area contributed by atoms with E-state index >= 15 is 0 Å². The van der Waals surface area contributed by atoms with Crippen LogP contribution in [0.4, 0.5) is 0 Å². The zero-order valence-corrected chi connectivity index (χ0v) is 9.88. The Kier molecular flexibility index (Phi) is 2.83. The Bertz CT molecular complexity index is 368. The summed E-state index contributed by atoms with van der Waals surface area (Å²) >= 11 is 0. The maximum absolute atomic E-state index is 9.93. The standard InChI is InChI=1S/C14H20O/c1-9-7-11(3)13(8-10(9)2)12-5-4-6-14(12)15/h7-8,12,14-15H,4-6H2,1-3H3. The summed E-state index contributed by atoms with van der Waals surface area (Å²) in [6, 6.07) is 4.51. The second kappa shape index (κ2) is 3.97. The molecule has 0 saturated heterocycles. The molecule has 0 aromatic heterocycles. The molecule has 1 aliphatic rings. The molecular formula is C14H20O. The van der Waals surface area contributed by atoms with E-state index in [-0.39, 0.29) is 6.10 Å². The van der Waals surface area contributed by atoms with E-state index in [2.05, 4.69) is 32.9 Å². The Morgan fingerprint density at radius 2 is 1.67 bits per heavy atom. The molecule has 0 spiro atoms. The Morgan fingerprint density at radius 3 is 2.27 bits per heavy atom. The van der Waals surface area contributed by atoms with Crippen LogP contribution in [0, 0.1) is 20.8 Å². The average Bonchev–Trinajstić information content (AvgIpc) is 2.58. The maximum Gasteiger partial charge on any atom is 0.0608 e. The summed E-state index contributed by atoms with van der Waals surface area (Å²) in [7, 11) is 0. The van der Waals surface area contributed by atoms with E-state index in [1.165, 1.54) is 22.3 Å². The number of hydrogen-bond acceptors (Lipinski definition) is 1. The van der Waals surface area contributed by atoms with E-state index in [4.69, 9.17) is 0 Å². The van der Waals surface area contributed by atoms with Crippen molar-refractivity contribution in [1.82, 2.24) is 0 Å². The molecule has 1 fully saturated rings. The summed E-state index contributed by atoms with van der Waals surface area (Å²) in [4.78, 5) is 0. The zero-order valence-electron chi connectivity index (χ0n) is 9.88. The van der Waals surface area contributed by atoms with Gasteiger partial charge < -0.3 is 5.11 Å². The third-order valence-electron chi connectivity index (χ3n) is 3.76. The maximum atomic E-state index is 9.93. The first-order valence-corrected chi connectivity index (χ1v) is 5.85. The van der Waals surface area contributed by atoms with Gasteiger partial charge in [0.25, 0.3) is 0 Å². The Balaban J connectivity index is 2.39. The van der Waals surface area contributed by atoms with Gasteiger partial charge in [0, 0.05) is 5.92 Å². The van der Waals surface area contributed by atoms with Crippen molar-refractivity contribution in [3.8, 4) is 0 Å². The van der Waals surface area contributed by atoms with Crippen molar-refractivity contribution in [3.05, 3.63) is 34.4 Å². The lowest BCUT2D eigenvalue weighted by atomic mass is 9.89. The van der Waals surface area contributed by atoms with Gasteiger partial charge in [-0.05, 0) is 55.9 Å². The second-order valence-electron chi connectivity index (χ2n) is 4.90. The summed E-state index contributed by atoms with van der Waals surface area (Å²) in [6.07, 6.45) is 3.16. The summed E-state index contributed by atoms with van der Waals surface area (Å²) in [5.74, 6) is 0.379.